The molecule has 0 unspecified atom stereocenters. The first-order valence-corrected chi connectivity index (χ1v) is 11.3. The lowest BCUT2D eigenvalue weighted by molar-refractivity contribution is -0.105. The molecule has 0 atom stereocenters. The van der Waals surface area contributed by atoms with Crippen molar-refractivity contribution in [1.29, 1.82) is 0 Å². The molecule has 2 nitrogen and oxygen atoms in total. The maximum Gasteiger partial charge on any atom is 0.146 e. The maximum atomic E-state index is 11.4. The molecule has 0 N–H and O–H groups in total. The van der Waals surface area contributed by atoms with Crippen LogP contribution in [0.4, 0.5) is 0 Å². The minimum absolute atomic E-state index is 0.848. The van der Waals surface area contributed by atoms with Crippen LogP contribution in [0.25, 0.3) is 0 Å². The second-order valence-corrected chi connectivity index (χ2v) is 8.15. The van der Waals surface area contributed by atoms with E-state index in [4.69, 9.17) is 0 Å². The molecule has 154 valence electrons. The fraction of sp³-hybridized carbons (Fsp3) is 0.429. The lowest BCUT2D eigenvalue weighted by Gasteiger charge is -2.10. The monoisotopic (exact) mass is 398 g/mol. The van der Waals surface area contributed by atoms with Crippen LogP contribution in [0.1, 0.15) is 88.2 Å². The van der Waals surface area contributed by atoms with Crippen molar-refractivity contribution in [3.8, 4) is 23.7 Å². The highest BCUT2D eigenvalue weighted by atomic mass is 16.1. The molecule has 0 aliphatic heterocycles. The zero-order chi connectivity index (χ0) is 21.0. The predicted octanol–water partition coefficient (Wildman–Crippen LogP) is 6.09. The molecule has 0 saturated carbocycles. The Kier molecular flexibility index (Phi) is 8.74. The van der Waals surface area contributed by atoms with Crippen LogP contribution in [0.5, 0.6) is 0 Å². The van der Waals surface area contributed by atoms with Gasteiger partial charge in [0, 0.05) is 33.4 Å². The highest BCUT2D eigenvalue weighted by Gasteiger charge is 2.09. The van der Waals surface area contributed by atoms with Gasteiger partial charge in [0.15, 0.2) is 0 Å². The topological polar surface area (TPSA) is 34.1 Å². The largest absolute Gasteiger partial charge is 0.298 e. The lowest BCUT2D eigenvalue weighted by Crippen LogP contribution is -1.97. The van der Waals surface area contributed by atoms with E-state index in [1.54, 1.807) is 0 Å². The SMILES string of the molecule is O=C/C1=C(\C#Cc2ccc(C#C/C3=C(\C=O)CCCCCC3)cc2)CCCCCC1. The van der Waals surface area contributed by atoms with Gasteiger partial charge in [-0.3, -0.25) is 9.59 Å². The molecule has 1 aromatic carbocycles. The van der Waals surface area contributed by atoms with E-state index in [1.807, 2.05) is 24.3 Å². The summed E-state index contributed by atoms with van der Waals surface area (Å²) in [6.45, 7) is 0. The Morgan fingerprint density at radius 3 is 1.23 bits per heavy atom. The van der Waals surface area contributed by atoms with Gasteiger partial charge in [0.05, 0.1) is 0 Å². The molecule has 2 heteroatoms. The number of aldehydes is 2. The molecule has 0 saturated heterocycles. The third-order valence-electron chi connectivity index (χ3n) is 5.91. The average Bonchev–Trinajstić information content (AvgIpc) is 2.73. The fourth-order valence-electron chi connectivity index (χ4n) is 4.04. The first kappa shape index (κ1) is 21.9. The zero-order valence-corrected chi connectivity index (χ0v) is 17.8. The van der Waals surface area contributed by atoms with Gasteiger partial charge in [0.25, 0.3) is 0 Å². The van der Waals surface area contributed by atoms with Crippen LogP contribution in [0.15, 0.2) is 46.6 Å². The van der Waals surface area contributed by atoms with Gasteiger partial charge in [-0.2, -0.15) is 0 Å². The molecule has 0 amide bonds. The van der Waals surface area contributed by atoms with E-state index < -0.39 is 0 Å². The quantitative estimate of drug-likeness (QED) is 0.446. The van der Waals surface area contributed by atoms with Crippen molar-refractivity contribution in [3.05, 3.63) is 57.7 Å². The Hall–Kier alpha value is -2.84. The van der Waals surface area contributed by atoms with Crippen molar-refractivity contribution in [2.24, 2.45) is 0 Å². The summed E-state index contributed by atoms with van der Waals surface area (Å²) in [5.74, 6) is 12.9. The first-order chi connectivity index (χ1) is 14.8. The lowest BCUT2D eigenvalue weighted by atomic mass is 9.94. The molecule has 2 aliphatic rings. The van der Waals surface area contributed by atoms with E-state index in [-0.39, 0.29) is 0 Å². The molecule has 3 rings (SSSR count). The molecule has 0 radical (unpaired) electrons. The first-order valence-electron chi connectivity index (χ1n) is 11.3. The van der Waals surface area contributed by atoms with Gasteiger partial charge in [-0.15, -0.1) is 0 Å². The number of rotatable bonds is 2. The van der Waals surface area contributed by atoms with Crippen LogP contribution in [0.2, 0.25) is 0 Å². The van der Waals surface area contributed by atoms with Crippen molar-refractivity contribution >= 4 is 12.6 Å². The summed E-state index contributed by atoms with van der Waals surface area (Å²) in [5, 5.41) is 0. The van der Waals surface area contributed by atoms with Crippen LogP contribution in [0, 0.1) is 23.7 Å². The van der Waals surface area contributed by atoms with E-state index >= 15 is 0 Å². The van der Waals surface area contributed by atoms with E-state index in [0.29, 0.717) is 0 Å². The predicted molar refractivity (Wildman–Crippen MR) is 122 cm³/mol. The van der Waals surface area contributed by atoms with Crippen LogP contribution in [-0.2, 0) is 9.59 Å². The second-order valence-electron chi connectivity index (χ2n) is 8.15. The maximum absolute atomic E-state index is 11.4. The highest BCUT2D eigenvalue weighted by Crippen LogP contribution is 2.22. The van der Waals surface area contributed by atoms with Crippen molar-refractivity contribution in [2.75, 3.05) is 0 Å². The van der Waals surface area contributed by atoms with E-state index in [0.717, 1.165) is 97.4 Å². The molecule has 30 heavy (non-hydrogen) atoms. The van der Waals surface area contributed by atoms with Crippen LogP contribution >= 0.6 is 0 Å². The van der Waals surface area contributed by atoms with E-state index in [9.17, 15) is 9.59 Å². The van der Waals surface area contributed by atoms with Crippen molar-refractivity contribution in [2.45, 2.75) is 77.0 Å². The number of hydrogen-bond donors (Lipinski definition) is 0. The minimum Gasteiger partial charge on any atom is -0.298 e. The third kappa shape index (κ3) is 6.60. The number of carbonyl (C=O) groups excluding carboxylic acids is 2. The summed E-state index contributed by atoms with van der Waals surface area (Å²) in [6.07, 6.45) is 14.7. The number of benzene rings is 1. The van der Waals surface area contributed by atoms with Gasteiger partial charge in [-0.1, -0.05) is 49.4 Å². The average molecular weight is 399 g/mol. The molecule has 1 aromatic rings. The Bertz CT molecular complexity index is 857. The number of hydrogen-bond acceptors (Lipinski definition) is 2. The Morgan fingerprint density at radius 2 is 0.867 bits per heavy atom. The molecule has 0 heterocycles. The molecular formula is C28H30O2. The highest BCUT2D eigenvalue weighted by molar-refractivity contribution is 5.77. The summed E-state index contributed by atoms with van der Waals surface area (Å²) in [5.41, 5.74) is 5.63. The molecule has 2 aliphatic carbocycles. The normalized spacial score (nSPS) is 22.7. The second kappa shape index (κ2) is 12.0. The summed E-state index contributed by atoms with van der Waals surface area (Å²) < 4.78 is 0. The van der Waals surface area contributed by atoms with Crippen LogP contribution < -0.4 is 0 Å². The third-order valence-corrected chi connectivity index (χ3v) is 5.91. The Balaban J connectivity index is 1.75. The van der Waals surface area contributed by atoms with Crippen molar-refractivity contribution < 1.29 is 9.59 Å². The summed E-state index contributed by atoms with van der Waals surface area (Å²) in [6, 6.07) is 7.92. The Labute approximate surface area is 180 Å². The summed E-state index contributed by atoms with van der Waals surface area (Å²) >= 11 is 0. The molecule has 0 spiro atoms. The van der Waals surface area contributed by atoms with Gasteiger partial charge in [0.1, 0.15) is 12.6 Å². The van der Waals surface area contributed by atoms with E-state index in [2.05, 4.69) is 23.7 Å². The van der Waals surface area contributed by atoms with Crippen molar-refractivity contribution in [3.63, 3.8) is 0 Å². The fourth-order valence-corrected chi connectivity index (χ4v) is 4.04. The van der Waals surface area contributed by atoms with Crippen LogP contribution in [0.3, 0.4) is 0 Å². The Morgan fingerprint density at radius 1 is 0.500 bits per heavy atom. The standard InChI is InChI=1S/C28H30O2/c29-21-27-11-7-3-1-5-9-25(27)19-17-23-13-15-24(16-14-23)18-20-26-10-6-2-4-8-12-28(26)22-30/h13-16,21-22H,1-12H2/b27-25-,28-26-. The number of carbonyl (C=O) groups is 2. The zero-order valence-electron chi connectivity index (χ0n) is 17.8. The molecular weight excluding hydrogens is 368 g/mol. The van der Waals surface area contributed by atoms with Gasteiger partial charge < -0.3 is 0 Å². The van der Waals surface area contributed by atoms with Gasteiger partial charge in [-0.05, 0) is 75.6 Å². The van der Waals surface area contributed by atoms with Gasteiger partial charge in [0.2, 0.25) is 0 Å². The summed E-state index contributed by atoms with van der Waals surface area (Å²) in [7, 11) is 0. The number of allylic oxidation sites excluding steroid dienone is 4. The molecule has 0 aromatic heterocycles. The minimum atomic E-state index is 0.848. The molecule has 0 bridgehead atoms. The van der Waals surface area contributed by atoms with Crippen LogP contribution in [-0.4, -0.2) is 12.6 Å². The molecule has 0 fully saturated rings. The van der Waals surface area contributed by atoms with Crippen molar-refractivity contribution in [1.82, 2.24) is 0 Å². The van der Waals surface area contributed by atoms with Gasteiger partial charge in [-0.25, -0.2) is 0 Å². The van der Waals surface area contributed by atoms with E-state index in [1.165, 1.54) is 25.7 Å². The summed E-state index contributed by atoms with van der Waals surface area (Å²) in [4.78, 5) is 22.8. The smallest absolute Gasteiger partial charge is 0.146 e. The van der Waals surface area contributed by atoms with Gasteiger partial charge >= 0.3 is 0 Å².